The summed E-state index contributed by atoms with van der Waals surface area (Å²) in [5.74, 6) is -0.861. The van der Waals surface area contributed by atoms with Crippen molar-refractivity contribution < 1.29 is 45.6 Å². The van der Waals surface area contributed by atoms with Gasteiger partial charge in [0.1, 0.15) is 16.8 Å². The number of hydrogen-bond acceptors (Lipinski definition) is 10. The Morgan fingerprint density at radius 3 is 0.969 bits per heavy atom. The van der Waals surface area contributed by atoms with Crippen LogP contribution in [-0.4, -0.2) is 140 Å². The van der Waals surface area contributed by atoms with E-state index in [0.29, 0.717) is 58.9 Å². The molecule has 0 N–H and O–H groups in total. The summed E-state index contributed by atoms with van der Waals surface area (Å²) in [7, 11) is 0. The summed E-state index contributed by atoms with van der Waals surface area (Å²) < 4.78 is 21.5. The normalized spacial score (nSPS) is 15.8. The van der Waals surface area contributed by atoms with Crippen molar-refractivity contribution in [1.29, 1.82) is 0 Å². The van der Waals surface area contributed by atoms with Crippen LogP contribution in [0.2, 0.25) is 0 Å². The van der Waals surface area contributed by atoms with Gasteiger partial charge in [0, 0.05) is 0 Å². The number of benzene rings is 4. The Labute approximate surface area is 396 Å². The van der Waals surface area contributed by atoms with E-state index < -0.39 is 30.4 Å². The fraction of sp³-hybridized carbons (Fsp3) is 0.481. The molecule has 1 saturated heterocycles. The van der Waals surface area contributed by atoms with E-state index in [2.05, 4.69) is 135 Å². The first-order valence-electron chi connectivity index (χ1n) is 22.4. The third kappa shape index (κ3) is 17.5. The molecule has 1 heterocycles. The summed E-state index contributed by atoms with van der Waals surface area (Å²) in [6.07, 6.45) is 0. The molecular weight excluding hydrogens is 931 g/mol. The van der Waals surface area contributed by atoms with E-state index in [-0.39, 0.29) is 54.5 Å². The molecule has 10 nitrogen and oxygen atoms in total. The topological polar surface area (TPSA) is 91.9 Å². The Balaban J connectivity index is 0.00000898. The molecule has 0 aromatic heterocycles. The molecule has 0 atom stereocenters. The molecule has 1 aliphatic rings. The van der Waals surface area contributed by atoms with Crippen molar-refractivity contribution in [3.63, 3.8) is 0 Å². The van der Waals surface area contributed by atoms with E-state index in [4.69, 9.17) is 14.2 Å². The summed E-state index contributed by atoms with van der Waals surface area (Å²) in [6, 6.07) is 42.3. The summed E-state index contributed by atoms with van der Waals surface area (Å²) in [6.45, 7) is 22.7. The zero-order valence-corrected chi connectivity index (χ0v) is 43.2. The molecule has 1 fully saturated rings. The van der Waals surface area contributed by atoms with Gasteiger partial charge in [0.15, 0.2) is 0 Å². The van der Waals surface area contributed by atoms with E-state index in [1.54, 1.807) is 0 Å². The minimum atomic E-state index is -2.97. The van der Waals surface area contributed by atoms with Gasteiger partial charge in [-0.2, -0.15) is 0 Å². The van der Waals surface area contributed by atoms with Gasteiger partial charge < -0.3 is 31.2 Å². The van der Waals surface area contributed by atoms with Crippen LogP contribution in [0.1, 0.15) is 73.4 Å². The third-order valence-corrected chi connectivity index (χ3v) is 19.9. The van der Waals surface area contributed by atoms with Crippen molar-refractivity contribution in [3.05, 3.63) is 126 Å². The second kappa shape index (κ2) is 24.1. The molecule has 0 unspecified atom stereocenters. The number of rotatable bonds is 13. The maximum absolute atomic E-state index is 13.2. The minimum absolute atomic E-state index is 0. The van der Waals surface area contributed by atoms with Crippen LogP contribution in [0.4, 0.5) is 0 Å². The summed E-state index contributed by atoms with van der Waals surface area (Å²) >= 11 is -2.97. The van der Waals surface area contributed by atoms with Gasteiger partial charge in [0.2, 0.25) is 0 Å². The molecule has 4 aromatic carbocycles. The number of ether oxygens (including phenoxy) is 3. The molecule has 1 aliphatic heterocycles. The number of carbonyl (C=O) groups excluding carboxylic acids is 3. The molecule has 0 saturated carbocycles. The predicted molar refractivity (Wildman–Crippen MR) is 256 cm³/mol. The van der Waals surface area contributed by atoms with Crippen LogP contribution in [0, 0.1) is 0 Å². The van der Waals surface area contributed by atoms with Gasteiger partial charge in [-0.05, 0) is 62.3 Å². The molecule has 0 spiro atoms. The smallest absolute Gasteiger partial charge is 1.00 e. The van der Waals surface area contributed by atoms with Crippen LogP contribution in [-0.2, 0) is 40.3 Å². The van der Waals surface area contributed by atoms with Gasteiger partial charge in [0.25, 0.3) is 0 Å². The Kier molecular flexibility index (Phi) is 19.9. The Morgan fingerprint density at radius 1 is 0.422 bits per heavy atom. The van der Waals surface area contributed by atoms with Crippen molar-refractivity contribution in [3.8, 4) is 0 Å². The second-order valence-electron chi connectivity index (χ2n) is 19.7. The molecule has 0 radical (unpaired) electrons. The zero-order chi connectivity index (χ0) is 45.7. The molecule has 348 valence electrons. The van der Waals surface area contributed by atoms with Crippen molar-refractivity contribution in [2.75, 3.05) is 72.0 Å². The molecule has 4 aromatic rings. The Bertz CT molecular complexity index is 1890. The third-order valence-electron chi connectivity index (χ3n) is 10.7. The van der Waals surface area contributed by atoms with Crippen LogP contribution < -0.4 is 30.0 Å². The number of carbonyl (C=O) groups is 3. The standard InChI is InChI=1S/C52H72AsN4O6.BrH/c1-50(2,3)61-47(58)39-55-31-29-54(30-32-56(40-48(59)62-51(4,5)6)34-36-57(35-33-55)41-49(60)63-52(7,8)9)38-43-27-25-42(26-28-43)37-53(44-19-13-10-14-20-44,45-21-15-11-16-22-45)46-23-17-12-18-24-46;/h10-28H,29-41H2,1-9H3;1H/q+1;/p-1. The van der Waals surface area contributed by atoms with Crippen LogP contribution in [0.25, 0.3) is 0 Å². The van der Waals surface area contributed by atoms with Crippen molar-refractivity contribution in [2.24, 2.45) is 0 Å². The van der Waals surface area contributed by atoms with Gasteiger partial charge in [-0.15, -0.1) is 0 Å². The number of esters is 3. The zero-order valence-electron chi connectivity index (χ0n) is 39.7. The van der Waals surface area contributed by atoms with Crippen molar-refractivity contribution >= 4 is 44.5 Å². The van der Waals surface area contributed by atoms with Crippen molar-refractivity contribution in [2.45, 2.75) is 90.9 Å². The first kappa shape index (κ1) is 52.8. The molecular formula is C52H72AsBrN4O6. The van der Waals surface area contributed by atoms with Crippen molar-refractivity contribution in [1.82, 2.24) is 19.6 Å². The van der Waals surface area contributed by atoms with E-state index in [1.807, 2.05) is 62.3 Å². The molecule has 0 amide bonds. The van der Waals surface area contributed by atoms with Gasteiger partial charge >= 0.3 is 263 Å². The molecule has 0 aliphatic carbocycles. The molecule has 64 heavy (non-hydrogen) atoms. The minimum Gasteiger partial charge on any atom is -1.00 e. The Hall–Kier alpha value is -3.83. The summed E-state index contributed by atoms with van der Waals surface area (Å²) in [5.41, 5.74) is 0.682. The van der Waals surface area contributed by atoms with E-state index >= 15 is 0 Å². The average molecular weight is 1000 g/mol. The van der Waals surface area contributed by atoms with E-state index in [0.717, 1.165) is 5.21 Å². The molecule has 12 heteroatoms. The summed E-state index contributed by atoms with van der Waals surface area (Å²) in [5, 5.41) is 0.949. The molecule has 0 bridgehead atoms. The average Bonchev–Trinajstić information content (AvgIpc) is 3.20. The first-order valence-corrected chi connectivity index (χ1v) is 26.6. The number of halogens is 1. The van der Waals surface area contributed by atoms with Gasteiger partial charge in [-0.25, -0.2) is 0 Å². The number of nitrogens with zero attached hydrogens (tertiary/aromatic N) is 4. The quantitative estimate of drug-likeness (QED) is 0.113. The molecule has 5 rings (SSSR count). The number of hydrogen-bond donors (Lipinski definition) is 0. The summed E-state index contributed by atoms with van der Waals surface area (Å²) in [4.78, 5) is 48.3. The van der Waals surface area contributed by atoms with Crippen LogP contribution in [0.5, 0.6) is 0 Å². The predicted octanol–water partition coefficient (Wildman–Crippen LogP) is 2.69. The fourth-order valence-corrected chi connectivity index (χ4v) is 16.8. The van der Waals surface area contributed by atoms with Gasteiger partial charge in [-0.1, -0.05) is 0 Å². The Morgan fingerprint density at radius 2 is 0.688 bits per heavy atom. The monoisotopic (exact) mass is 1000 g/mol. The first-order chi connectivity index (χ1) is 29.8. The second-order valence-corrected chi connectivity index (χ2v) is 27.0. The van der Waals surface area contributed by atoms with Gasteiger partial charge in [-0.3, -0.25) is 19.3 Å². The van der Waals surface area contributed by atoms with E-state index in [1.165, 1.54) is 24.2 Å². The van der Waals surface area contributed by atoms with E-state index in [9.17, 15) is 14.4 Å². The van der Waals surface area contributed by atoms with Gasteiger partial charge in [0.05, 0.1) is 6.54 Å². The maximum atomic E-state index is 13.2. The SMILES string of the molecule is CC(C)(C)OC(=O)CN1CCN(CC(=O)OC(C)(C)C)CCN(Cc2ccc(C[As+](c3ccccc3)(c3ccccc3)c3ccccc3)cc2)CCN(CC(=O)OC(C)(C)C)CC1.[Br-]. The van der Waals surface area contributed by atoms with Crippen LogP contribution in [0.15, 0.2) is 115 Å². The van der Waals surface area contributed by atoms with Crippen LogP contribution in [0.3, 0.4) is 0 Å². The fourth-order valence-electron chi connectivity index (χ4n) is 7.93. The van der Waals surface area contributed by atoms with Crippen LogP contribution >= 0.6 is 0 Å².